The van der Waals surface area contributed by atoms with E-state index >= 15 is 0 Å². The molecular weight excluding hydrogens is 414 g/mol. The van der Waals surface area contributed by atoms with Crippen molar-refractivity contribution in [2.24, 2.45) is 0 Å². The van der Waals surface area contributed by atoms with E-state index in [0.717, 1.165) is 5.56 Å². The molecule has 0 spiro atoms. The molecule has 3 aromatic rings. The SMILES string of the molecule is CNC(=O)[C@H](Cc1ccccc1)N(Cc1ccc(F)cc1)C(=O)COc1ccccc1F. The standard InChI is InChI=1S/C25H24F2N2O3/c1-28-25(31)22(15-18-7-3-2-4-8-18)29(16-19-11-13-20(26)14-12-19)24(30)17-32-23-10-6-5-9-21(23)27/h2-14,22H,15-17H2,1H3,(H,28,31)/t22-/m0/s1. The largest absolute Gasteiger partial charge is 0.481 e. The van der Waals surface area contributed by atoms with E-state index in [4.69, 9.17) is 4.74 Å². The van der Waals surface area contributed by atoms with Gasteiger partial charge in [-0.3, -0.25) is 9.59 Å². The highest BCUT2D eigenvalue weighted by Crippen LogP contribution is 2.18. The molecular formula is C25H24F2N2O3. The molecule has 0 bridgehead atoms. The van der Waals surface area contributed by atoms with Gasteiger partial charge < -0.3 is 15.0 Å². The van der Waals surface area contributed by atoms with Crippen molar-refractivity contribution < 1.29 is 23.1 Å². The monoisotopic (exact) mass is 438 g/mol. The highest BCUT2D eigenvalue weighted by molar-refractivity contribution is 5.88. The maximum atomic E-state index is 13.9. The second-order valence-electron chi connectivity index (χ2n) is 7.19. The minimum atomic E-state index is -0.843. The summed E-state index contributed by atoms with van der Waals surface area (Å²) in [5.74, 6) is -1.89. The van der Waals surface area contributed by atoms with Crippen LogP contribution in [0, 0.1) is 11.6 Å². The second-order valence-corrected chi connectivity index (χ2v) is 7.19. The molecule has 0 radical (unpaired) electrons. The molecule has 3 rings (SSSR count). The Morgan fingerprint density at radius 1 is 0.906 bits per heavy atom. The summed E-state index contributed by atoms with van der Waals surface area (Å²) in [7, 11) is 1.50. The van der Waals surface area contributed by atoms with Gasteiger partial charge in [0.15, 0.2) is 18.2 Å². The summed E-state index contributed by atoms with van der Waals surface area (Å²) < 4.78 is 32.7. The molecule has 2 amide bonds. The van der Waals surface area contributed by atoms with Crippen LogP contribution in [0.3, 0.4) is 0 Å². The molecule has 0 aliphatic heterocycles. The van der Waals surface area contributed by atoms with Crippen LogP contribution in [0.1, 0.15) is 11.1 Å². The van der Waals surface area contributed by atoms with Gasteiger partial charge in [0.2, 0.25) is 5.91 Å². The van der Waals surface area contributed by atoms with Crippen LogP contribution >= 0.6 is 0 Å². The first-order valence-corrected chi connectivity index (χ1v) is 10.1. The van der Waals surface area contributed by atoms with E-state index in [2.05, 4.69) is 5.32 Å². The molecule has 7 heteroatoms. The van der Waals surface area contributed by atoms with Gasteiger partial charge in [-0.05, 0) is 35.4 Å². The Hall–Kier alpha value is -3.74. The molecule has 1 atom stereocenters. The van der Waals surface area contributed by atoms with Crippen molar-refractivity contribution in [3.8, 4) is 5.75 Å². The number of ether oxygens (including phenoxy) is 1. The van der Waals surface area contributed by atoms with Crippen LogP contribution in [0.25, 0.3) is 0 Å². The number of carbonyl (C=O) groups is 2. The van der Waals surface area contributed by atoms with Crippen molar-refractivity contribution in [2.75, 3.05) is 13.7 Å². The van der Waals surface area contributed by atoms with Gasteiger partial charge in [-0.1, -0.05) is 54.6 Å². The summed E-state index contributed by atoms with van der Waals surface area (Å²) in [6.45, 7) is -0.394. The summed E-state index contributed by atoms with van der Waals surface area (Å²) >= 11 is 0. The highest BCUT2D eigenvalue weighted by atomic mass is 19.1. The first-order chi connectivity index (χ1) is 15.5. The van der Waals surface area contributed by atoms with Crippen molar-refractivity contribution in [1.82, 2.24) is 10.2 Å². The normalized spacial score (nSPS) is 11.5. The van der Waals surface area contributed by atoms with Crippen LogP contribution in [0.5, 0.6) is 5.75 Å². The van der Waals surface area contributed by atoms with Crippen LogP contribution in [-0.2, 0) is 22.6 Å². The molecule has 0 aromatic heterocycles. The molecule has 0 heterocycles. The maximum Gasteiger partial charge on any atom is 0.261 e. The van der Waals surface area contributed by atoms with Crippen LogP contribution in [0.4, 0.5) is 8.78 Å². The van der Waals surface area contributed by atoms with Gasteiger partial charge in [0, 0.05) is 20.0 Å². The molecule has 0 aliphatic carbocycles. The van der Waals surface area contributed by atoms with E-state index in [1.807, 2.05) is 30.3 Å². The lowest BCUT2D eigenvalue weighted by Gasteiger charge is -2.31. The van der Waals surface area contributed by atoms with Gasteiger partial charge >= 0.3 is 0 Å². The zero-order chi connectivity index (χ0) is 22.9. The number of hydrogen-bond acceptors (Lipinski definition) is 3. The molecule has 0 saturated carbocycles. The lowest BCUT2D eigenvalue weighted by Crippen LogP contribution is -2.51. The number of amides is 2. The van der Waals surface area contributed by atoms with E-state index < -0.39 is 30.2 Å². The quantitative estimate of drug-likeness (QED) is 0.554. The van der Waals surface area contributed by atoms with Gasteiger partial charge in [-0.2, -0.15) is 0 Å². The summed E-state index contributed by atoms with van der Waals surface area (Å²) in [4.78, 5) is 27.3. The predicted molar refractivity (Wildman–Crippen MR) is 117 cm³/mol. The van der Waals surface area contributed by atoms with Crippen LogP contribution in [0.2, 0.25) is 0 Å². The van der Waals surface area contributed by atoms with Crippen molar-refractivity contribution in [2.45, 2.75) is 19.0 Å². The van der Waals surface area contributed by atoms with E-state index in [-0.39, 0.29) is 24.6 Å². The molecule has 0 unspecified atom stereocenters. The average Bonchev–Trinajstić information content (AvgIpc) is 2.82. The maximum absolute atomic E-state index is 13.9. The molecule has 1 N–H and O–H groups in total. The number of carbonyl (C=O) groups excluding carboxylic acids is 2. The Balaban J connectivity index is 1.87. The fourth-order valence-corrected chi connectivity index (χ4v) is 3.29. The molecule has 0 aliphatic rings. The number of nitrogens with one attached hydrogen (secondary N) is 1. The number of halogens is 2. The second kappa shape index (κ2) is 11.0. The number of nitrogens with zero attached hydrogens (tertiary/aromatic N) is 1. The fraction of sp³-hybridized carbons (Fsp3) is 0.200. The van der Waals surface area contributed by atoms with Gasteiger partial charge in [0.1, 0.15) is 11.9 Å². The lowest BCUT2D eigenvalue weighted by molar-refractivity contribution is -0.142. The smallest absolute Gasteiger partial charge is 0.261 e. The molecule has 3 aromatic carbocycles. The number of hydrogen-bond donors (Lipinski definition) is 1. The van der Waals surface area contributed by atoms with Gasteiger partial charge in [-0.25, -0.2) is 8.78 Å². The van der Waals surface area contributed by atoms with E-state index in [9.17, 15) is 18.4 Å². The molecule has 0 fully saturated rings. The van der Waals surface area contributed by atoms with Crippen LogP contribution in [-0.4, -0.2) is 36.4 Å². The van der Waals surface area contributed by atoms with Crippen molar-refractivity contribution >= 4 is 11.8 Å². The fourth-order valence-electron chi connectivity index (χ4n) is 3.29. The Morgan fingerprint density at radius 2 is 1.56 bits per heavy atom. The summed E-state index contributed by atoms with van der Waals surface area (Å²) in [6, 6.07) is 19.9. The predicted octanol–water partition coefficient (Wildman–Crippen LogP) is 3.73. The summed E-state index contributed by atoms with van der Waals surface area (Å²) in [5.41, 5.74) is 1.51. The Bertz CT molecular complexity index is 1040. The molecule has 32 heavy (non-hydrogen) atoms. The zero-order valence-corrected chi connectivity index (χ0v) is 17.6. The average molecular weight is 438 g/mol. The molecule has 166 valence electrons. The third-order valence-electron chi connectivity index (χ3n) is 4.97. The Labute approximate surface area is 185 Å². The van der Waals surface area contributed by atoms with E-state index in [1.54, 1.807) is 18.2 Å². The molecule has 0 saturated heterocycles. The number of likely N-dealkylation sites (N-methyl/N-ethyl adjacent to an activating group) is 1. The molecule has 5 nitrogen and oxygen atoms in total. The van der Waals surface area contributed by atoms with Crippen molar-refractivity contribution in [3.05, 3.63) is 102 Å². The number of para-hydroxylation sites is 1. The topological polar surface area (TPSA) is 58.6 Å². The third-order valence-corrected chi connectivity index (χ3v) is 4.97. The Kier molecular flexibility index (Phi) is 7.91. The van der Waals surface area contributed by atoms with Crippen molar-refractivity contribution in [3.63, 3.8) is 0 Å². The Morgan fingerprint density at radius 3 is 2.22 bits per heavy atom. The van der Waals surface area contributed by atoms with Gasteiger partial charge in [-0.15, -0.1) is 0 Å². The van der Waals surface area contributed by atoms with E-state index in [0.29, 0.717) is 5.56 Å². The first-order valence-electron chi connectivity index (χ1n) is 10.1. The summed E-state index contributed by atoms with van der Waals surface area (Å²) in [6.07, 6.45) is 0.271. The number of rotatable bonds is 9. The summed E-state index contributed by atoms with van der Waals surface area (Å²) in [5, 5.41) is 2.60. The highest BCUT2D eigenvalue weighted by Gasteiger charge is 2.30. The van der Waals surface area contributed by atoms with Crippen molar-refractivity contribution in [1.29, 1.82) is 0 Å². The van der Waals surface area contributed by atoms with Crippen LogP contribution < -0.4 is 10.1 Å². The zero-order valence-electron chi connectivity index (χ0n) is 17.6. The van der Waals surface area contributed by atoms with E-state index in [1.165, 1.54) is 42.3 Å². The van der Waals surface area contributed by atoms with Gasteiger partial charge in [0.05, 0.1) is 0 Å². The lowest BCUT2D eigenvalue weighted by atomic mass is 10.0. The minimum absolute atomic E-state index is 0.0536. The number of benzene rings is 3. The first kappa shape index (κ1) is 22.9. The minimum Gasteiger partial charge on any atom is -0.481 e. The van der Waals surface area contributed by atoms with Gasteiger partial charge in [0.25, 0.3) is 5.91 Å². The van der Waals surface area contributed by atoms with Crippen LogP contribution in [0.15, 0.2) is 78.9 Å². The third kappa shape index (κ3) is 6.14.